The number of carbonyl (C=O) groups is 1. The quantitative estimate of drug-likeness (QED) is 0.887. The van der Waals surface area contributed by atoms with Crippen LogP contribution in [0.5, 0.6) is 0 Å². The molecular weight excluding hydrogens is 274 g/mol. The molecule has 1 amide bonds. The molecule has 2 aromatic heterocycles. The second kappa shape index (κ2) is 6.19. The normalized spacial score (nSPS) is 12.7. The van der Waals surface area contributed by atoms with Crippen molar-refractivity contribution in [1.82, 2.24) is 14.9 Å². The number of aliphatic hydroxyl groups is 1. The van der Waals surface area contributed by atoms with Crippen LogP contribution in [0.4, 0.5) is 0 Å². The highest BCUT2D eigenvalue weighted by Gasteiger charge is 2.19. The number of nitrogens with zero attached hydrogens (tertiary/aromatic N) is 2. The Kier molecular flexibility index (Phi) is 4.57. The van der Waals surface area contributed by atoms with Gasteiger partial charge in [0, 0.05) is 24.5 Å². The largest absolute Gasteiger partial charge is 0.394 e. The fraction of sp³-hybridized carbons (Fsp3) is 0.429. The Balaban J connectivity index is 2.12. The minimum atomic E-state index is -0.471. The molecule has 2 heterocycles. The molecule has 0 aromatic carbocycles. The van der Waals surface area contributed by atoms with Crippen molar-refractivity contribution in [2.24, 2.45) is 7.05 Å². The van der Waals surface area contributed by atoms with E-state index in [1.165, 1.54) is 0 Å². The summed E-state index contributed by atoms with van der Waals surface area (Å²) in [6, 6.07) is 3.08. The molecule has 0 fully saturated rings. The summed E-state index contributed by atoms with van der Waals surface area (Å²) < 4.78 is 1.74. The zero-order valence-electron chi connectivity index (χ0n) is 11.8. The SMILES string of the molecule is CC(C)c1nc(C(CO)NC(=O)c2cccn2C)cs1. The van der Waals surface area contributed by atoms with E-state index in [1.54, 1.807) is 22.0 Å². The van der Waals surface area contributed by atoms with Crippen molar-refractivity contribution in [3.05, 3.63) is 40.1 Å². The van der Waals surface area contributed by atoms with Crippen molar-refractivity contribution in [3.8, 4) is 0 Å². The number of thiazole rings is 1. The van der Waals surface area contributed by atoms with E-state index in [4.69, 9.17) is 0 Å². The van der Waals surface area contributed by atoms with Gasteiger partial charge in [-0.3, -0.25) is 4.79 Å². The number of carbonyl (C=O) groups excluding carboxylic acids is 1. The van der Waals surface area contributed by atoms with Gasteiger partial charge in [-0.05, 0) is 12.1 Å². The summed E-state index contributed by atoms with van der Waals surface area (Å²) >= 11 is 1.55. The molecule has 2 aromatic rings. The van der Waals surface area contributed by atoms with Gasteiger partial charge in [0.25, 0.3) is 5.91 Å². The first-order chi connectivity index (χ1) is 9.52. The van der Waals surface area contributed by atoms with Crippen LogP contribution < -0.4 is 5.32 Å². The minimum absolute atomic E-state index is 0.169. The van der Waals surface area contributed by atoms with Crippen LogP contribution in [0.25, 0.3) is 0 Å². The molecule has 20 heavy (non-hydrogen) atoms. The second-order valence-electron chi connectivity index (χ2n) is 4.98. The van der Waals surface area contributed by atoms with Crippen LogP contribution >= 0.6 is 11.3 Å². The summed E-state index contributed by atoms with van der Waals surface area (Å²) in [6.07, 6.45) is 1.81. The van der Waals surface area contributed by atoms with Crippen LogP contribution in [0.2, 0.25) is 0 Å². The molecule has 0 saturated carbocycles. The molecular formula is C14H19N3O2S. The van der Waals surface area contributed by atoms with Gasteiger partial charge >= 0.3 is 0 Å². The first-order valence-corrected chi connectivity index (χ1v) is 7.39. The highest BCUT2D eigenvalue weighted by Crippen LogP contribution is 2.23. The van der Waals surface area contributed by atoms with Crippen molar-refractivity contribution in [2.45, 2.75) is 25.8 Å². The van der Waals surface area contributed by atoms with E-state index in [0.717, 1.165) is 5.01 Å². The molecule has 2 rings (SSSR count). The Morgan fingerprint density at radius 3 is 2.80 bits per heavy atom. The monoisotopic (exact) mass is 293 g/mol. The summed E-state index contributed by atoms with van der Waals surface area (Å²) in [6.45, 7) is 3.97. The predicted octanol–water partition coefficient (Wildman–Crippen LogP) is 2.07. The van der Waals surface area contributed by atoms with Gasteiger partial charge in [0.1, 0.15) is 5.69 Å². The van der Waals surface area contributed by atoms with Gasteiger partial charge in [-0.25, -0.2) is 4.98 Å². The number of hydrogen-bond donors (Lipinski definition) is 2. The molecule has 0 saturated heterocycles. The van der Waals surface area contributed by atoms with Crippen LogP contribution in [0.1, 0.15) is 47.0 Å². The third-order valence-corrected chi connectivity index (χ3v) is 4.22. The average Bonchev–Trinajstić information content (AvgIpc) is 3.04. The predicted molar refractivity (Wildman–Crippen MR) is 78.9 cm³/mol. The third kappa shape index (κ3) is 3.08. The Morgan fingerprint density at radius 2 is 2.30 bits per heavy atom. The first kappa shape index (κ1) is 14.7. The maximum atomic E-state index is 12.1. The summed E-state index contributed by atoms with van der Waals surface area (Å²) in [4.78, 5) is 16.6. The van der Waals surface area contributed by atoms with Crippen molar-refractivity contribution in [3.63, 3.8) is 0 Å². The van der Waals surface area contributed by atoms with E-state index in [0.29, 0.717) is 17.3 Å². The molecule has 6 heteroatoms. The Hall–Kier alpha value is -1.66. The Morgan fingerprint density at radius 1 is 1.55 bits per heavy atom. The lowest BCUT2D eigenvalue weighted by atomic mass is 10.2. The van der Waals surface area contributed by atoms with Gasteiger partial charge in [-0.1, -0.05) is 13.8 Å². The molecule has 2 N–H and O–H groups in total. The van der Waals surface area contributed by atoms with E-state index in [9.17, 15) is 9.90 Å². The Bertz CT molecular complexity index is 589. The standard InChI is InChI=1S/C14H19N3O2S/c1-9(2)14-16-11(8-20-14)10(7-18)15-13(19)12-5-4-6-17(12)3/h4-6,8-10,18H,7H2,1-3H3,(H,15,19). The number of amides is 1. The maximum Gasteiger partial charge on any atom is 0.268 e. The molecule has 0 aliphatic heterocycles. The van der Waals surface area contributed by atoms with Crippen LogP contribution in [0.3, 0.4) is 0 Å². The minimum Gasteiger partial charge on any atom is -0.394 e. The van der Waals surface area contributed by atoms with Crippen LogP contribution in [-0.2, 0) is 7.05 Å². The highest BCUT2D eigenvalue weighted by atomic mass is 32.1. The summed E-state index contributed by atoms with van der Waals surface area (Å²) in [5, 5.41) is 15.2. The number of nitrogens with one attached hydrogen (secondary N) is 1. The summed E-state index contributed by atoms with van der Waals surface area (Å²) in [5.41, 5.74) is 1.27. The molecule has 0 aliphatic rings. The molecule has 0 spiro atoms. The zero-order chi connectivity index (χ0) is 14.7. The van der Waals surface area contributed by atoms with Gasteiger partial charge in [0.2, 0.25) is 0 Å². The lowest BCUT2D eigenvalue weighted by molar-refractivity contribution is 0.0906. The molecule has 0 radical (unpaired) electrons. The van der Waals surface area contributed by atoms with Crippen molar-refractivity contribution < 1.29 is 9.90 Å². The van der Waals surface area contributed by atoms with E-state index >= 15 is 0 Å². The first-order valence-electron chi connectivity index (χ1n) is 6.51. The number of aliphatic hydroxyl groups excluding tert-OH is 1. The van der Waals surface area contributed by atoms with Gasteiger partial charge < -0.3 is 15.0 Å². The van der Waals surface area contributed by atoms with E-state index in [-0.39, 0.29) is 12.5 Å². The fourth-order valence-electron chi connectivity index (χ4n) is 1.87. The molecule has 1 unspecified atom stereocenters. The van der Waals surface area contributed by atoms with Crippen LogP contribution in [-0.4, -0.2) is 27.2 Å². The maximum absolute atomic E-state index is 12.1. The van der Waals surface area contributed by atoms with Crippen LogP contribution in [0.15, 0.2) is 23.7 Å². The third-order valence-electron chi connectivity index (χ3n) is 3.05. The summed E-state index contributed by atoms with van der Waals surface area (Å²) in [7, 11) is 1.81. The smallest absolute Gasteiger partial charge is 0.268 e. The van der Waals surface area contributed by atoms with Gasteiger partial charge in [0.15, 0.2) is 0 Å². The average molecular weight is 293 g/mol. The number of hydrogen-bond acceptors (Lipinski definition) is 4. The van der Waals surface area contributed by atoms with E-state index < -0.39 is 6.04 Å². The molecule has 0 aliphatic carbocycles. The zero-order valence-corrected chi connectivity index (χ0v) is 12.6. The van der Waals surface area contributed by atoms with E-state index in [2.05, 4.69) is 24.1 Å². The van der Waals surface area contributed by atoms with Crippen molar-refractivity contribution in [2.75, 3.05) is 6.61 Å². The van der Waals surface area contributed by atoms with E-state index in [1.807, 2.05) is 24.7 Å². The lowest BCUT2D eigenvalue weighted by Gasteiger charge is -2.14. The van der Waals surface area contributed by atoms with Crippen LogP contribution in [0, 0.1) is 0 Å². The van der Waals surface area contributed by atoms with Gasteiger partial charge in [-0.15, -0.1) is 11.3 Å². The Labute approximate surface area is 122 Å². The number of aryl methyl sites for hydroxylation is 1. The molecule has 1 atom stereocenters. The molecule has 5 nitrogen and oxygen atoms in total. The van der Waals surface area contributed by atoms with Gasteiger partial charge in [0.05, 0.1) is 23.4 Å². The molecule has 0 bridgehead atoms. The lowest BCUT2D eigenvalue weighted by Crippen LogP contribution is -2.32. The molecule has 108 valence electrons. The second-order valence-corrected chi connectivity index (χ2v) is 5.87. The van der Waals surface area contributed by atoms with Crippen molar-refractivity contribution >= 4 is 17.2 Å². The highest BCUT2D eigenvalue weighted by molar-refractivity contribution is 7.09. The van der Waals surface area contributed by atoms with Gasteiger partial charge in [-0.2, -0.15) is 0 Å². The topological polar surface area (TPSA) is 67.2 Å². The summed E-state index contributed by atoms with van der Waals surface area (Å²) in [5.74, 6) is 0.132. The van der Waals surface area contributed by atoms with Crippen molar-refractivity contribution in [1.29, 1.82) is 0 Å². The number of rotatable bonds is 5. The number of aromatic nitrogens is 2. The fourth-order valence-corrected chi connectivity index (χ4v) is 2.76.